The molecule has 0 spiro atoms. The summed E-state index contributed by atoms with van der Waals surface area (Å²) in [5.74, 6) is 0. The van der Waals surface area contributed by atoms with Crippen LogP contribution < -0.4 is 9.80 Å². The third kappa shape index (κ3) is 7.06. The molecule has 0 aliphatic carbocycles. The first kappa shape index (κ1) is 37.4. The first-order chi connectivity index (χ1) is 27.6. The number of allylic oxidation sites excluding steroid dienone is 6. The Balaban J connectivity index is 0.00000237. The summed E-state index contributed by atoms with van der Waals surface area (Å²) in [6.07, 6.45) is 12.2. The van der Waals surface area contributed by atoms with Crippen LogP contribution in [0.4, 0.5) is 22.7 Å². The fraction of sp³-hybridized carbons (Fsp3) is 0.0741. The molecule has 0 aliphatic rings. The molecule has 0 fully saturated rings. The lowest BCUT2D eigenvalue weighted by molar-refractivity contribution is 1.21. The molecule has 0 bridgehead atoms. The maximum absolute atomic E-state index is 4.20. The van der Waals surface area contributed by atoms with Crippen LogP contribution in [0.15, 0.2) is 219 Å². The zero-order valence-corrected chi connectivity index (χ0v) is 32.8. The number of fused-ring (bicyclic) bond motifs is 6. The van der Waals surface area contributed by atoms with E-state index < -0.39 is 0 Å². The van der Waals surface area contributed by atoms with Crippen LogP contribution in [0.25, 0.3) is 54.2 Å². The second-order valence-corrected chi connectivity index (χ2v) is 13.3. The molecule has 2 heteroatoms. The lowest BCUT2D eigenvalue weighted by atomic mass is 9.98. The molecule has 0 aromatic heterocycles. The number of nitrogens with zero attached hydrogens (tertiary/aromatic N) is 2. The predicted octanol–water partition coefficient (Wildman–Crippen LogP) is 16.0. The molecule has 8 aromatic carbocycles. The van der Waals surface area contributed by atoms with Crippen molar-refractivity contribution in [2.75, 3.05) is 9.80 Å². The smallest absolute Gasteiger partial charge is 0.0546 e. The van der Waals surface area contributed by atoms with E-state index in [9.17, 15) is 0 Å². The monoisotopic (exact) mass is 724 g/mol. The molecule has 0 amide bonds. The quantitative estimate of drug-likeness (QED) is 0.102. The van der Waals surface area contributed by atoms with Crippen LogP contribution in [0.5, 0.6) is 0 Å². The van der Waals surface area contributed by atoms with E-state index in [2.05, 4.69) is 213 Å². The van der Waals surface area contributed by atoms with Crippen LogP contribution in [0.2, 0.25) is 0 Å². The number of rotatable bonds is 10. The first-order valence-electron chi connectivity index (χ1n) is 19.5. The van der Waals surface area contributed by atoms with Crippen molar-refractivity contribution in [2.45, 2.75) is 27.7 Å². The van der Waals surface area contributed by atoms with Crippen LogP contribution in [0.3, 0.4) is 0 Å². The Labute approximate surface area is 332 Å². The largest absolute Gasteiger partial charge is 0.310 e. The third-order valence-corrected chi connectivity index (χ3v) is 10.2. The highest BCUT2D eigenvalue weighted by molar-refractivity contribution is 6.15. The Morgan fingerprint density at radius 1 is 0.464 bits per heavy atom. The van der Waals surface area contributed by atoms with Crippen molar-refractivity contribution < 1.29 is 0 Å². The summed E-state index contributed by atoms with van der Waals surface area (Å²) < 4.78 is 0. The predicted molar refractivity (Wildman–Crippen MR) is 247 cm³/mol. The topological polar surface area (TPSA) is 6.48 Å². The minimum atomic E-state index is 0.949. The van der Waals surface area contributed by atoms with Crippen molar-refractivity contribution in [3.05, 3.63) is 219 Å². The van der Waals surface area contributed by atoms with Gasteiger partial charge >= 0.3 is 0 Å². The number of anilines is 4. The summed E-state index contributed by atoms with van der Waals surface area (Å²) in [6, 6.07) is 56.9. The molecule has 0 radical (unpaired) electrons. The van der Waals surface area contributed by atoms with E-state index in [1.807, 2.05) is 32.1 Å². The minimum absolute atomic E-state index is 0.949. The van der Waals surface area contributed by atoms with Gasteiger partial charge < -0.3 is 9.80 Å². The summed E-state index contributed by atoms with van der Waals surface area (Å²) in [5, 5.41) is 9.77. The summed E-state index contributed by atoms with van der Waals surface area (Å²) in [5.41, 5.74) is 8.74. The van der Waals surface area contributed by atoms with Crippen LogP contribution >= 0.6 is 0 Å². The van der Waals surface area contributed by atoms with Crippen LogP contribution in [-0.2, 0) is 0 Å². The van der Waals surface area contributed by atoms with Gasteiger partial charge in [-0.2, -0.15) is 0 Å². The zero-order chi connectivity index (χ0) is 39.0. The molecule has 0 saturated carbocycles. The Hall–Kier alpha value is -6.90. The summed E-state index contributed by atoms with van der Waals surface area (Å²) in [4.78, 5) is 4.65. The average Bonchev–Trinajstić information content (AvgIpc) is 3.27. The van der Waals surface area contributed by atoms with Crippen LogP contribution in [-0.4, -0.2) is 0 Å². The van der Waals surface area contributed by atoms with Gasteiger partial charge in [-0.05, 0) is 112 Å². The van der Waals surface area contributed by atoms with Gasteiger partial charge in [0.15, 0.2) is 0 Å². The molecule has 0 saturated heterocycles. The molecule has 0 atom stereocenters. The highest BCUT2D eigenvalue weighted by Crippen LogP contribution is 2.42. The van der Waals surface area contributed by atoms with Crippen LogP contribution in [0, 0.1) is 0 Å². The maximum atomic E-state index is 4.20. The molecule has 2 nitrogen and oxygen atoms in total. The maximum Gasteiger partial charge on any atom is 0.0546 e. The zero-order valence-electron chi connectivity index (χ0n) is 32.8. The van der Waals surface area contributed by atoms with E-state index in [1.165, 1.54) is 43.1 Å². The molecule has 0 N–H and O–H groups in total. The van der Waals surface area contributed by atoms with Gasteiger partial charge in [-0.15, -0.1) is 0 Å². The van der Waals surface area contributed by atoms with Crippen molar-refractivity contribution in [1.29, 1.82) is 0 Å². The highest BCUT2D eigenvalue weighted by Gasteiger charge is 2.19. The van der Waals surface area contributed by atoms with Crippen molar-refractivity contribution in [3.8, 4) is 11.1 Å². The number of hydrogen-bond donors (Lipinski definition) is 0. The summed E-state index contributed by atoms with van der Waals surface area (Å²) in [6.45, 7) is 16.4. The molecule has 8 aromatic rings. The molecule has 274 valence electrons. The molecule has 0 aliphatic heterocycles. The van der Waals surface area contributed by atoms with Gasteiger partial charge in [0, 0.05) is 33.5 Å². The number of hydrogen-bond acceptors (Lipinski definition) is 2. The average molecular weight is 725 g/mol. The normalized spacial score (nSPS) is 11.9. The van der Waals surface area contributed by atoms with Gasteiger partial charge in [-0.25, -0.2) is 0 Å². The Morgan fingerprint density at radius 3 is 1.25 bits per heavy atom. The fourth-order valence-electron chi connectivity index (χ4n) is 7.72. The van der Waals surface area contributed by atoms with Crippen molar-refractivity contribution in [1.82, 2.24) is 0 Å². The second kappa shape index (κ2) is 17.1. The van der Waals surface area contributed by atoms with Gasteiger partial charge in [-0.1, -0.05) is 167 Å². The Bertz CT molecular complexity index is 2760. The van der Waals surface area contributed by atoms with E-state index >= 15 is 0 Å². The molecule has 56 heavy (non-hydrogen) atoms. The molecule has 0 unspecified atom stereocenters. The lowest BCUT2D eigenvalue weighted by Crippen LogP contribution is -2.15. The lowest BCUT2D eigenvalue weighted by Gasteiger charge is -2.29. The molecular formula is C54H48N2. The summed E-state index contributed by atoms with van der Waals surface area (Å²) >= 11 is 0. The SMILES string of the molecule is C=C/C=C(\C=C)N(c1ccc(-c2ccc(N(C(/C=C\C)=C/C)c3cc4ccccc4c4ccccc34)cc2)cc1)c1cc2ccccc2c2ccccc12.CC. The highest BCUT2D eigenvalue weighted by atomic mass is 15.2. The van der Waals surface area contributed by atoms with E-state index in [1.54, 1.807) is 0 Å². The molecular weight excluding hydrogens is 677 g/mol. The van der Waals surface area contributed by atoms with E-state index in [4.69, 9.17) is 0 Å². The van der Waals surface area contributed by atoms with E-state index in [-0.39, 0.29) is 0 Å². The first-order valence-corrected chi connectivity index (χ1v) is 19.5. The van der Waals surface area contributed by atoms with Gasteiger partial charge in [0.1, 0.15) is 0 Å². The number of benzene rings is 8. The van der Waals surface area contributed by atoms with Crippen molar-refractivity contribution >= 4 is 65.8 Å². The molecule has 8 rings (SSSR count). The Kier molecular flexibility index (Phi) is 11.4. The van der Waals surface area contributed by atoms with Crippen LogP contribution in [0.1, 0.15) is 27.7 Å². The Morgan fingerprint density at radius 2 is 0.857 bits per heavy atom. The van der Waals surface area contributed by atoms with E-state index in [0.717, 1.165) is 45.3 Å². The van der Waals surface area contributed by atoms with Gasteiger partial charge in [0.2, 0.25) is 0 Å². The van der Waals surface area contributed by atoms with Gasteiger partial charge in [0.25, 0.3) is 0 Å². The fourth-order valence-corrected chi connectivity index (χ4v) is 7.72. The van der Waals surface area contributed by atoms with Crippen molar-refractivity contribution in [2.24, 2.45) is 0 Å². The third-order valence-electron chi connectivity index (χ3n) is 10.2. The van der Waals surface area contributed by atoms with Gasteiger partial charge in [0.05, 0.1) is 11.4 Å². The van der Waals surface area contributed by atoms with E-state index in [0.29, 0.717) is 0 Å². The standard InChI is InChI=1S/C52H42N2.C2H6/c1-5-17-41(7-3)53(51-35-39-19-9-11-21-45(39)47-23-13-15-25-49(47)51)43-31-27-37(28-32-43)38-29-33-44(34-30-38)54(42(8-4)18-6-2)52-36-40-20-10-12-22-46(40)48-24-14-16-26-50(48)52;1-2/h5-36H,1,3H2,2,4H3;1-2H3/b18-6-,41-17+,42-8+;. The van der Waals surface area contributed by atoms with Crippen molar-refractivity contribution in [3.63, 3.8) is 0 Å². The summed E-state index contributed by atoms with van der Waals surface area (Å²) in [7, 11) is 0. The minimum Gasteiger partial charge on any atom is -0.310 e. The molecule has 0 heterocycles. The second-order valence-electron chi connectivity index (χ2n) is 13.3. The van der Waals surface area contributed by atoms with Gasteiger partial charge in [-0.3, -0.25) is 0 Å².